The number of nitrogens with zero attached hydrogens (tertiary/aromatic N) is 2. The summed E-state index contributed by atoms with van der Waals surface area (Å²) >= 11 is 0. The van der Waals surface area contributed by atoms with Crippen molar-refractivity contribution < 1.29 is 13.5 Å². The van der Waals surface area contributed by atoms with E-state index in [4.69, 9.17) is 0 Å². The SMILES string of the molecule is CC(C)n1ccc(-c2ccccc2OC(F)F)n1. The Bertz CT molecular complexity index is 523. The summed E-state index contributed by atoms with van der Waals surface area (Å²) in [4.78, 5) is 0. The number of aromatic nitrogens is 2. The summed E-state index contributed by atoms with van der Waals surface area (Å²) in [6.07, 6.45) is 1.82. The molecule has 5 heteroatoms. The highest BCUT2D eigenvalue weighted by atomic mass is 19.3. The first-order valence-electron chi connectivity index (χ1n) is 5.67. The Morgan fingerprint density at radius 1 is 1.17 bits per heavy atom. The lowest BCUT2D eigenvalue weighted by molar-refractivity contribution is -0.0494. The van der Waals surface area contributed by atoms with Gasteiger partial charge in [-0.25, -0.2) is 0 Å². The fraction of sp³-hybridized carbons (Fsp3) is 0.308. The summed E-state index contributed by atoms with van der Waals surface area (Å²) in [5, 5.41) is 4.34. The molecule has 0 atom stereocenters. The number of ether oxygens (including phenoxy) is 1. The van der Waals surface area contributed by atoms with Gasteiger partial charge in [-0.15, -0.1) is 0 Å². The number of hydrogen-bond acceptors (Lipinski definition) is 2. The minimum atomic E-state index is -2.83. The van der Waals surface area contributed by atoms with Gasteiger partial charge in [0.05, 0.1) is 5.69 Å². The van der Waals surface area contributed by atoms with Crippen molar-refractivity contribution in [2.75, 3.05) is 0 Å². The van der Waals surface area contributed by atoms with Crippen LogP contribution in [0.25, 0.3) is 11.3 Å². The topological polar surface area (TPSA) is 27.1 Å². The number of benzene rings is 1. The number of hydrogen-bond donors (Lipinski definition) is 0. The van der Waals surface area contributed by atoms with E-state index in [1.165, 1.54) is 6.07 Å². The van der Waals surface area contributed by atoms with Crippen molar-refractivity contribution in [2.45, 2.75) is 26.5 Å². The smallest absolute Gasteiger partial charge is 0.387 e. The molecule has 0 unspecified atom stereocenters. The standard InChI is InChI=1S/C13H14F2N2O/c1-9(2)17-8-7-11(16-17)10-5-3-4-6-12(10)18-13(14)15/h3-9,13H,1-2H3. The average Bonchev–Trinajstić information content (AvgIpc) is 2.78. The fourth-order valence-corrected chi connectivity index (χ4v) is 1.65. The second-order valence-corrected chi connectivity index (χ2v) is 4.15. The summed E-state index contributed by atoms with van der Waals surface area (Å²) < 4.78 is 30.9. The van der Waals surface area contributed by atoms with Crippen molar-refractivity contribution in [3.8, 4) is 17.0 Å². The maximum absolute atomic E-state index is 12.3. The van der Waals surface area contributed by atoms with E-state index in [0.29, 0.717) is 11.3 Å². The van der Waals surface area contributed by atoms with Crippen LogP contribution in [0.1, 0.15) is 19.9 Å². The van der Waals surface area contributed by atoms with Crippen molar-refractivity contribution in [1.29, 1.82) is 0 Å². The Labute approximate surface area is 104 Å². The Morgan fingerprint density at radius 2 is 1.89 bits per heavy atom. The molecule has 1 heterocycles. The summed E-state index contributed by atoms with van der Waals surface area (Å²) in [6.45, 7) is 1.16. The van der Waals surface area contributed by atoms with E-state index < -0.39 is 6.61 Å². The van der Waals surface area contributed by atoms with Gasteiger partial charge in [0.1, 0.15) is 5.75 Å². The molecule has 0 amide bonds. The van der Waals surface area contributed by atoms with Crippen LogP contribution in [-0.4, -0.2) is 16.4 Å². The third kappa shape index (κ3) is 2.67. The summed E-state index contributed by atoms with van der Waals surface area (Å²) in [6, 6.07) is 8.65. The highest BCUT2D eigenvalue weighted by molar-refractivity contribution is 5.66. The molecule has 0 fully saturated rings. The minimum Gasteiger partial charge on any atom is -0.434 e. The van der Waals surface area contributed by atoms with Crippen LogP contribution < -0.4 is 4.74 Å². The summed E-state index contributed by atoms with van der Waals surface area (Å²) in [5.74, 6) is 0.140. The van der Waals surface area contributed by atoms with Crippen LogP contribution in [0.3, 0.4) is 0 Å². The third-order valence-corrected chi connectivity index (χ3v) is 2.52. The second-order valence-electron chi connectivity index (χ2n) is 4.15. The molecule has 0 aliphatic rings. The summed E-state index contributed by atoms with van der Waals surface area (Å²) in [5.41, 5.74) is 1.19. The number of para-hydroxylation sites is 1. The summed E-state index contributed by atoms with van der Waals surface area (Å²) in [7, 11) is 0. The molecule has 18 heavy (non-hydrogen) atoms. The minimum absolute atomic E-state index is 0.140. The maximum Gasteiger partial charge on any atom is 0.387 e. The average molecular weight is 252 g/mol. The Morgan fingerprint density at radius 3 is 2.50 bits per heavy atom. The second kappa shape index (κ2) is 5.16. The van der Waals surface area contributed by atoms with Crippen LogP contribution >= 0.6 is 0 Å². The fourth-order valence-electron chi connectivity index (χ4n) is 1.65. The lowest BCUT2D eigenvalue weighted by atomic mass is 10.1. The van der Waals surface area contributed by atoms with Gasteiger partial charge in [-0.2, -0.15) is 13.9 Å². The van der Waals surface area contributed by atoms with Gasteiger partial charge in [-0.05, 0) is 32.0 Å². The molecule has 0 aliphatic carbocycles. The zero-order chi connectivity index (χ0) is 13.1. The lowest BCUT2D eigenvalue weighted by Gasteiger charge is -2.09. The van der Waals surface area contributed by atoms with Crippen molar-refractivity contribution in [2.24, 2.45) is 0 Å². The Kier molecular flexibility index (Phi) is 3.60. The van der Waals surface area contributed by atoms with Crippen LogP contribution in [0.2, 0.25) is 0 Å². The molecule has 0 saturated carbocycles. The Balaban J connectivity index is 2.36. The van der Waals surface area contributed by atoms with E-state index in [1.807, 2.05) is 20.0 Å². The molecule has 0 radical (unpaired) electrons. The van der Waals surface area contributed by atoms with E-state index in [9.17, 15) is 8.78 Å². The molecular weight excluding hydrogens is 238 g/mol. The molecule has 2 rings (SSSR count). The first-order chi connectivity index (χ1) is 8.58. The van der Waals surface area contributed by atoms with Crippen LogP contribution in [-0.2, 0) is 0 Å². The van der Waals surface area contributed by atoms with Crippen LogP contribution in [0, 0.1) is 0 Å². The molecule has 1 aromatic heterocycles. The van der Waals surface area contributed by atoms with E-state index in [0.717, 1.165) is 0 Å². The normalized spacial score (nSPS) is 11.2. The third-order valence-electron chi connectivity index (χ3n) is 2.52. The van der Waals surface area contributed by atoms with Gasteiger partial charge in [0, 0.05) is 17.8 Å². The van der Waals surface area contributed by atoms with Crippen molar-refractivity contribution in [3.05, 3.63) is 36.5 Å². The zero-order valence-electron chi connectivity index (χ0n) is 10.2. The van der Waals surface area contributed by atoms with Crippen LogP contribution in [0.5, 0.6) is 5.75 Å². The molecule has 0 saturated heterocycles. The predicted octanol–water partition coefficient (Wildman–Crippen LogP) is 3.73. The van der Waals surface area contributed by atoms with Gasteiger partial charge >= 0.3 is 6.61 Å². The monoisotopic (exact) mass is 252 g/mol. The quantitative estimate of drug-likeness (QED) is 0.829. The van der Waals surface area contributed by atoms with E-state index in [2.05, 4.69) is 9.84 Å². The van der Waals surface area contributed by atoms with Crippen molar-refractivity contribution in [3.63, 3.8) is 0 Å². The predicted molar refractivity (Wildman–Crippen MR) is 64.7 cm³/mol. The molecule has 0 N–H and O–H groups in total. The first kappa shape index (κ1) is 12.5. The first-order valence-corrected chi connectivity index (χ1v) is 5.67. The van der Waals surface area contributed by atoms with Gasteiger partial charge in [-0.1, -0.05) is 12.1 Å². The molecule has 3 nitrogen and oxygen atoms in total. The highest BCUT2D eigenvalue weighted by Crippen LogP contribution is 2.29. The van der Waals surface area contributed by atoms with E-state index >= 15 is 0 Å². The highest BCUT2D eigenvalue weighted by Gasteiger charge is 2.13. The van der Waals surface area contributed by atoms with Gasteiger partial charge in [0.25, 0.3) is 0 Å². The van der Waals surface area contributed by atoms with E-state index in [-0.39, 0.29) is 11.8 Å². The van der Waals surface area contributed by atoms with Gasteiger partial charge in [0.2, 0.25) is 0 Å². The number of halogens is 2. The van der Waals surface area contributed by atoms with Gasteiger partial charge in [-0.3, -0.25) is 4.68 Å². The molecular formula is C13H14F2N2O. The molecule has 0 spiro atoms. The van der Waals surface area contributed by atoms with E-state index in [1.54, 1.807) is 28.9 Å². The number of rotatable bonds is 4. The maximum atomic E-state index is 12.3. The zero-order valence-corrected chi connectivity index (χ0v) is 10.2. The molecule has 96 valence electrons. The molecule has 1 aromatic carbocycles. The van der Waals surface area contributed by atoms with Crippen molar-refractivity contribution in [1.82, 2.24) is 9.78 Å². The molecule has 0 bridgehead atoms. The van der Waals surface area contributed by atoms with Gasteiger partial charge in [0.15, 0.2) is 0 Å². The Hall–Kier alpha value is -1.91. The van der Waals surface area contributed by atoms with Crippen LogP contribution in [0.15, 0.2) is 36.5 Å². The number of alkyl halides is 2. The van der Waals surface area contributed by atoms with Crippen LogP contribution in [0.4, 0.5) is 8.78 Å². The van der Waals surface area contributed by atoms with Gasteiger partial charge < -0.3 is 4.74 Å². The largest absolute Gasteiger partial charge is 0.434 e. The van der Waals surface area contributed by atoms with Crippen molar-refractivity contribution >= 4 is 0 Å². The molecule has 0 aliphatic heterocycles. The molecule has 2 aromatic rings. The lowest BCUT2D eigenvalue weighted by Crippen LogP contribution is -2.04.